The van der Waals surface area contributed by atoms with Crippen LogP contribution in [0.25, 0.3) is 0 Å². The molecule has 1 unspecified atom stereocenters. The Hall–Kier alpha value is -1.45. The molecule has 1 atom stereocenters. The van der Waals surface area contributed by atoms with Crippen LogP contribution >= 0.6 is 0 Å². The van der Waals surface area contributed by atoms with Crippen LogP contribution in [0.4, 0.5) is 0 Å². The standard InChI is InChI=1S/C8H8N2O2/c1-4-3-6(11)12-8-7(4)5(2)9-10-8/h3,8H,1-2H3. The molecule has 0 N–H and O–H groups in total. The third kappa shape index (κ3) is 0.879. The van der Waals surface area contributed by atoms with Crippen molar-refractivity contribution in [3.05, 3.63) is 22.9 Å². The zero-order valence-corrected chi connectivity index (χ0v) is 6.87. The molecule has 0 saturated carbocycles. The molecule has 0 saturated heterocycles. The molecule has 2 rings (SSSR count). The molecule has 12 heavy (non-hydrogen) atoms. The van der Waals surface area contributed by atoms with Crippen molar-refractivity contribution in [3.63, 3.8) is 0 Å². The van der Waals surface area contributed by atoms with Gasteiger partial charge in [-0.15, -0.1) is 5.11 Å². The predicted molar refractivity (Wildman–Crippen MR) is 41.2 cm³/mol. The van der Waals surface area contributed by atoms with E-state index in [1.165, 1.54) is 6.08 Å². The topological polar surface area (TPSA) is 51.0 Å². The lowest BCUT2D eigenvalue weighted by molar-refractivity contribution is -0.141. The summed E-state index contributed by atoms with van der Waals surface area (Å²) in [6.07, 6.45) is 0.980. The monoisotopic (exact) mass is 164 g/mol. The van der Waals surface area contributed by atoms with E-state index >= 15 is 0 Å². The SMILES string of the molecule is CC1=CC(=O)OC2N=NC(C)=C12. The van der Waals surface area contributed by atoms with Gasteiger partial charge in [-0.2, -0.15) is 5.11 Å². The first-order chi connectivity index (χ1) is 5.68. The van der Waals surface area contributed by atoms with Gasteiger partial charge in [-0.25, -0.2) is 4.79 Å². The fraction of sp³-hybridized carbons (Fsp3) is 0.375. The second-order valence-corrected chi connectivity index (χ2v) is 2.83. The van der Waals surface area contributed by atoms with Crippen LogP contribution in [0.15, 0.2) is 33.1 Å². The minimum atomic E-state index is -0.484. The minimum absolute atomic E-state index is 0.338. The maximum absolute atomic E-state index is 10.9. The van der Waals surface area contributed by atoms with E-state index in [1.807, 2.05) is 13.8 Å². The summed E-state index contributed by atoms with van der Waals surface area (Å²) in [6.45, 7) is 3.72. The van der Waals surface area contributed by atoms with Crippen molar-refractivity contribution < 1.29 is 9.53 Å². The summed E-state index contributed by atoms with van der Waals surface area (Å²) < 4.78 is 4.92. The third-order valence-electron chi connectivity index (χ3n) is 1.94. The van der Waals surface area contributed by atoms with Gasteiger partial charge in [-0.1, -0.05) is 0 Å². The summed E-state index contributed by atoms with van der Waals surface area (Å²) >= 11 is 0. The number of allylic oxidation sites excluding steroid dienone is 1. The molecule has 0 aliphatic carbocycles. The summed E-state index contributed by atoms with van der Waals surface area (Å²) in [5.41, 5.74) is 2.66. The maximum atomic E-state index is 10.9. The zero-order valence-electron chi connectivity index (χ0n) is 6.87. The Labute approximate surface area is 69.6 Å². The van der Waals surface area contributed by atoms with E-state index in [-0.39, 0.29) is 5.97 Å². The van der Waals surface area contributed by atoms with Gasteiger partial charge in [-0.3, -0.25) is 0 Å². The summed E-state index contributed by atoms with van der Waals surface area (Å²) in [6, 6.07) is 0. The summed E-state index contributed by atoms with van der Waals surface area (Å²) in [4.78, 5) is 10.9. The van der Waals surface area contributed by atoms with E-state index in [2.05, 4.69) is 10.2 Å². The van der Waals surface area contributed by atoms with Crippen molar-refractivity contribution in [2.24, 2.45) is 10.2 Å². The number of ether oxygens (including phenoxy) is 1. The van der Waals surface area contributed by atoms with Crippen LogP contribution < -0.4 is 0 Å². The van der Waals surface area contributed by atoms with E-state index in [9.17, 15) is 4.79 Å². The first kappa shape index (κ1) is 7.21. The molecule has 0 aromatic heterocycles. The summed E-state index contributed by atoms with van der Waals surface area (Å²) in [5.74, 6) is -0.338. The normalized spacial score (nSPS) is 27.0. The molecule has 0 radical (unpaired) electrons. The fourth-order valence-corrected chi connectivity index (χ4v) is 1.39. The smallest absolute Gasteiger partial charge is 0.333 e. The lowest BCUT2D eigenvalue weighted by Crippen LogP contribution is -2.21. The average molecular weight is 164 g/mol. The molecule has 62 valence electrons. The van der Waals surface area contributed by atoms with Gasteiger partial charge >= 0.3 is 5.97 Å². The number of hydrogen-bond acceptors (Lipinski definition) is 4. The van der Waals surface area contributed by atoms with Crippen molar-refractivity contribution in [3.8, 4) is 0 Å². The molecule has 4 nitrogen and oxygen atoms in total. The van der Waals surface area contributed by atoms with Crippen LogP contribution in [0.2, 0.25) is 0 Å². The Morgan fingerprint density at radius 2 is 2.25 bits per heavy atom. The van der Waals surface area contributed by atoms with Gasteiger partial charge in [0.05, 0.1) is 5.70 Å². The van der Waals surface area contributed by atoms with E-state index in [4.69, 9.17) is 4.74 Å². The Morgan fingerprint density at radius 3 is 3.00 bits per heavy atom. The Bertz CT molecular complexity index is 339. The molecule has 0 spiro atoms. The van der Waals surface area contributed by atoms with Crippen molar-refractivity contribution in [2.45, 2.75) is 20.1 Å². The van der Waals surface area contributed by atoms with Gasteiger partial charge in [0.15, 0.2) is 0 Å². The molecule has 4 heteroatoms. The Morgan fingerprint density at radius 1 is 1.50 bits per heavy atom. The first-order valence-electron chi connectivity index (χ1n) is 3.69. The minimum Gasteiger partial charge on any atom is -0.430 e. The van der Waals surface area contributed by atoms with Crippen molar-refractivity contribution in [2.75, 3.05) is 0 Å². The number of rotatable bonds is 0. The lowest BCUT2D eigenvalue weighted by Gasteiger charge is -2.17. The largest absolute Gasteiger partial charge is 0.430 e. The van der Waals surface area contributed by atoms with E-state index in [1.54, 1.807) is 0 Å². The summed E-state index contributed by atoms with van der Waals surface area (Å²) in [5, 5.41) is 7.66. The van der Waals surface area contributed by atoms with Gasteiger partial charge in [-0.05, 0) is 19.4 Å². The van der Waals surface area contributed by atoms with Crippen molar-refractivity contribution >= 4 is 5.97 Å². The van der Waals surface area contributed by atoms with Crippen LogP contribution in [0.3, 0.4) is 0 Å². The Kier molecular flexibility index (Phi) is 1.36. The number of carbonyl (C=O) groups excluding carboxylic acids is 1. The maximum Gasteiger partial charge on any atom is 0.333 e. The van der Waals surface area contributed by atoms with Gasteiger partial charge in [0.25, 0.3) is 0 Å². The highest BCUT2D eigenvalue weighted by Crippen LogP contribution is 2.31. The van der Waals surface area contributed by atoms with Gasteiger partial charge in [0.1, 0.15) is 0 Å². The first-order valence-corrected chi connectivity index (χ1v) is 3.69. The number of azo groups is 1. The molecule has 2 heterocycles. The highest BCUT2D eigenvalue weighted by atomic mass is 16.6. The second-order valence-electron chi connectivity index (χ2n) is 2.83. The molecule has 2 aliphatic heterocycles. The van der Waals surface area contributed by atoms with Crippen LogP contribution in [-0.2, 0) is 9.53 Å². The van der Waals surface area contributed by atoms with Gasteiger partial charge in [0, 0.05) is 11.6 Å². The zero-order chi connectivity index (χ0) is 8.72. The number of hydrogen-bond donors (Lipinski definition) is 0. The van der Waals surface area contributed by atoms with Crippen LogP contribution in [0, 0.1) is 0 Å². The fourth-order valence-electron chi connectivity index (χ4n) is 1.39. The molecule has 2 aliphatic rings. The molecule has 0 bridgehead atoms. The summed E-state index contributed by atoms with van der Waals surface area (Å²) in [7, 11) is 0. The van der Waals surface area contributed by atoms with Crippen molar-refractivity contribution in [1.29, 1.82) is 0 Å². The molecule has 0 aromatic rings. The Balaban J connectivity index is 2.49. The van der Waals surface area contributed by atoms with E-state index in [0.717, 1.165) is 16.8 Å². The molecule has 0 amide bonds. The van der Waals surface area contributed by atoms with Crippen LogP contribution in [-0.4, -0.2) is 12.2 Å². The van der Waals surface area contributed by atoms with E-state index < -0.39 is 6.23 Å². The quantitative estimate of drug-likeness (QED) is 0.510. The van der Waals surface area contributed by atoms with Gasteiger partial charge < -0.3 is 4.74 Å². The molecule has 0 aromatic carbocycles. The third-order valence-corrected chi connectivity index (χ3v) is 1.94. The molecular weight excluding hydrogens is 156 g/mol. The van der Waals surface area contributed by atoms with E-state index in [0.29, 0.717) is 0 Å². The second kappa shape index (κ2) is 2.27. The lowest BCUT2D eigenvalue weighted by atomic mass is 10.0. The average Bonchev–Trinajstić information content (AvgIpc) is 2.31. The van der Waals surface area contributed by atoms with Crippen LogP contribution in [0.5, 0.6) is 0 Å². The number of esters is 1. The van der Waals surface area contributed by atoms with Crippen LogP contribution in [0.1, 0.15) is 13.8 Å². The number of nitrogens with zero attached hydrogens (tertiary/aromatic N) is 2. The molecule has 0 fully saturated rings. The predicted octanol–water partition coefficient (Wildman–Crippen LogP) is 1.56. The highest BCUT2D eigenvalue weighted by molar-refractivity contribution is 5.86. The number of fused-ring (bicyclic) bond motifs is 1. The highest BCUT2D eigenvalue weighted by Gasteiger charge is 2.29. The molecular formula is C8H8N2O2. The van der Waals surface area contributed by atoms with Gasteiger partial charge in [0.2, 0.25) is 6.23 Å². The number of carbonyl (C=O) groups is 1. The van der Waals surface area contributed by atoms with Crippen molar-refractivity contribution in [1.82, 2.24) is 0 Å².